The smallest absolute Gasteiger partial charge is 0.251 e. The number of nitrogens with one attached hydrogen (secondary N) is 2. The first kappa shape index (κ1) is 17.6. The first-order chi connectivity index (χ1) is 12.5. The number of carbonyl (C=O) groups excluding carboxylic acids is 3. The van der Waals surface area contributed by atoms with Gasteiger partial charge in [-0.2, -0.15) is 0 Å². The summed E-state index contributed by atoms with van der Waals surface area (Å²) in [6.45, 7) is 2.46. The Balaban J connectivity index is 1.53. The lowest BCUT2D eigenvalue weighted by molar-refractivity contribution is -0.117. The lowest BCUT2D eigenvalue weighted by Gasteiger charge is -2.15. The van der Waals surface area contributed by atoms with Gasteiger partial charge in [0, 0.05) is 30.4 Å². The molecular formula is C19H20N4O3. The molecule has 2 heterocycles. The monoisotopic (exact) mass is 352 g/mol. The molecule has 0 spiro atoms. The van der Waals surface area contributed by atoms with E-state index in [1.807, 2.05) is 13.0 Å². The van der Waals surface area contributed by atoms with Crippen LogP contribution >= 0.6 is 0 Å². The van der Waals surface area contributed by atoms with Crippen molar-refractivity contribution in [3.05, 3.63) is 53.7 Å². The molecule has 1 aliphatic heterocycles. The van der Waals surface area contributed by atoms with Gasteiger partial charge in [-0.25, -0.2) is 4.98 Å². The van der Waals surface area contributed by atoms with Crippen molar-refractivity contribution in [1.29, 1.82) is 0 Å². The predicted octanol–water partition coefficient (Wildman–Crippen LogP) is 1.89. The predicted molar refractivity (Wildman–Crippen MR) is 98.0 cm³/mol. The molecule has 0 aliphatic carbocycles. The fraction of sp³-hybridized carbons (Fsp3) is 0.263. The summed E-state index contributed by atoms with van der Waals surface area (Å²) < 4.78 is 0. The molecule has 1 aromatic carbocycles. The van der Waals surface area contributed by atoms with E-state index in [1.165, 1.54) is 0 Å². The average molecular weight is 352 g/mol. The topological polar surface area (TPSA) is 91.4 Å². The van der Waals surface area contributed by atoms with Gasteiger partial charge in [0.1, 0.15) is 5.82 Å². The SMILES string of the molecule is Cc1ccnc(NC(=O)CNC(=O)c2ccc(N3CCCC3=O)cc2)c1. The van der Waals surface area contributed by atoms with E-state index in [9.17, 15) is 14.4 Å². The van der Waals surface area contributed by atoms with Gasteiger partial charge in [-0.05, 0) is 55.3 Å². The molecule has 3 amide bonds. The van der Waals surface area contributed by atoms with Crippen LogP contribution in [0.15, 0.2) is 42.6 Å². The number of carbonyl (C=O) groups is 3. The van der Waals surface area contributed by atoms with E-state index in [0.29, 0.717) is 24.3 Å². The summed E-state index contributed by atoms with van der Waals surface area (Å²) in [5, 5.41) is 5.20. The Labute approximate surface area is 151 Å². The second-order valence-electron chi connectivity index (χ2n) is 6.15. The van der Waals surface area contributed by atoms with E-state index in [1.54, 1.807) is 41.4 Å². The van der Waals surface area contributed by atoms with Gasteiger partial charge in [-0.15, -0.1) is 0 Å². The molecule has 1 fully saturated rings. The van der Waals surface area contributed by atoms with Crippen molar-refractivity contribution in [3.8, 4) is 0 Å². The molecule has 134 valence electrons. The van der Waals surface area contributed by atoms with Gasteiger partial charge in [-0.3, -0.25) is 14.4 Å². The van der Waals surface area contributed by atoms with Gasteiger partial charge in [0.2, 0.25) is 11.8 Å². The van der Waals surface area contributed by atoms with Crippen molar-refractivity contribution < 1.29 is 14.4 Å². The van der Waals surface area contributed by atoms with Gasteiger partial charge < -0.3 is 15.5 Å². The molecule has 7 heteroatoms. The van der Waals surface area contributed by atoms with Crippen LogP contribution in [0.1, 0.15) is 28.8 Å². The van der Waals surface area contributed by atoms with Gasteiger partial charge in [0.25, 0.3) is 5.91 Å². The number of nitrogens with zero attached hydrogens (tertiary/aromatic N) is 2. The van der Waals surface area contributed by atoms with Gasteiger partial charge in [0.05, 0.1) is 6.54 Å². The molecule has 1 aliphatic rings. The number of rotatable bonds is 5. The molecule has 1 aromatic heterocycles. The van der Waals surface area contributed by atoms with Crippen molar-refractivity contribution in [1.82, 2.24) is 10.3 Å². The Kier molecular flexibility index (Phi) is 5.26. The lowest BCUT2D eigenvalue weighted by Crippen LogP contribution is -2.33. The maximum Gasteiger partial charge on any atom is 0.251 e. The standard InChI is InChI=1S/C19H20N4O3/c1-13-8-9-20-16(11-13)22-17(24)12-21-19(26)14-4-6-15(7-5-14)23-10-2-3-18(23)25/h4-9,11H,2-3,10,12H2,1H3,(H,21,26)(H,20,22,24). The number of hydrogen-bond acceptors (Lipinski definition) is 4. The minimum atomic E-state index is -0.351. The van der Waals surface area contributed by atoms with Crippen LogP contribution in [0.4, 0.5) is 11.5 Å². The molecule has 0 unspecified atom stereocenters. The fourth-order valence-electron chi connectivity index (χ4n) is 2.77. The van der Waals surface area contributed by atoms with Crippen molar-refractivity contribution >= 4 is 29.2 Å². The van der Waals surface area contributed by atoms with Gasteiger partial charge in [0.15, 0.2) is 0 Å². The molecule has 2 aromatic rings. The average Bonchev–Trinajstić information content (AvgIpc) is 3.06. The Morgan fingerprint density at radius 2 is 1.96 bits per heavy atom. The normalized spacial score (nSPS) is 13.6. The Bertz CT molecular complexity index is 833. The third kappa shape index (κ3) is 4.24. The summed E-state index contributed by atoms with van der Waals surface area (Å²) in [5.41, 5.74) is 2.20. The van der Waals surface area contributed by atoms with E-state index in [0.717, 1.165) is 17.7 Å². The number of hydrogen-bond donors (Lipinski definition) is 2. The molecule has 0 bridgehead atoms. The molecule has 0 radical (unpaired) electrons. The van der Waals surface area contributed by atoms with Crippen LogP contribution in [-0.2, 0) is 9.59 Å². The summed E-state index contributed by atoms with van der Waals surface area (Å²) in [4.78, 5) is 41.6. The first-order valence-electron chi connectivity index (χ1n) is 8.44. The van der Waals surface area contributed by atoms with Gasteiger partial charge in [-0.1, -0.05) is 0 Å². The zero-order valence-corrected chi connectivity index (χ0v) is 14.5. The van der Waals surface area contributed by atoms with Crippen LogP contribution in [0.5, 0.6) is 0 Å². The largest absolute Gasteiger partial charge is 0.343 e. The number of pyridine rings is 1. The maximum absolute atomic E-state index is 12.2. The molecule has 26 heavy (non-hydrogen) atoms. The third-order valence-electron chi connectivity index (χ3n) is 4.11. The summed E-state index contributed by atoms with van der Waals surface area (Å²) >= 11 is 0. The highest BCUT2D eigenvalue weighted by Crippen LogP contribution is 2.21. The Morgan fingerprint density at radius 1 is 1.19 bits per heavy atom. The number of amides is 3. The number of aryl methyl sites for hydroxylation is 1. The summed E-state index contributed by atoms with van der Waals surface area (Å²) in [6.07, 6.45) is 3.02. The number of aromatic nitrogens is 1. The van der Waals surface area contributed by atoms with Crippen LogP contribution in [-0.4, -0.2) is 35.8 Å². The minimum absolute atomic E-state index is 0.101. The molecule has 7 nitrogen and oxygen atoms in total. The molecule has 2 N–H and O–H groups in total. The van der Waals surface area contributed by atoms with Crippen molar-refractivity contribution in [2.45, 2.75) is 19.8 Å². The number of anilines is 2. The Hall–Kier alpha value is -3.22. The zero-order chi connectivity index (χ0) is 18.5. The van der Waals surface area contributed by atoms with Crippen LogP contribution in [0.3, 0.4) is 0 Å². The fourth-order valence-corrected chi connectivity index (χ4v) is 2.77. The molecular weight excluding hydrogens is 332 g/mol. The molecule has 0 atom stereocenters. The first-order valence-corrected chi connectivity index (χ1v) is 8.44. The van der Waals surface area contributed by atoms with Crippen LogP contribution in [0.25, 0.3) is 0 Å². The van der Waals surface area contributed by atoms with Crippen molar-refractivity contribution in [2.75, 3.05) is 23.3 Å². The van der Waals surface area contributed by atoms with E-state index in [2.05, 4.69) is 15.6 Å². The highest BCUT2D eigenvalue weighted by Gasteiger charge is 2.21. The van der Waals surface area contributed by atoms with E-state index < -0.39 is 0 Å². The highest BCUT2D eigenvalue weighted by atomic mass is 16.2. The van der Waals surface area contributed by atoms with E-state index in [-0.39, 0.29) is 24.3 Å². The van der Waals surface area contributed by atoms with Gasteiger partial charge >= 0.3 is 0 Å². The summed E-state index contributed by atoms with van der Waals surface area (Å²) in [7, 11) is 0. The summed E-state index contributed by atoms with van der Waals surface area (Å²) in [5.74, 6) is -0.153. The Morgan fingerprint density at radius 3 is 2.62 bits per heavy atom. The number of benzene rings is 1. The van der Waals surface area contributed by atoms with E-state index >= 15 is 0 Å². The van der Waals surface area contributed by atoms with E-state index in [4.69, 9.17) is 0 Å². The van der Waals surface area contributed by atoms with Crippen LogP contribution in [0, 0.1) is 6.92 Å². The summed E-state index contributed by atoms with van der Waals surface area (Å²) in [6, 6.07) is 10.4. The van der Waals surface area contributed by atoms with Crippen molar-refractivity contribution in [2.24, 2.45) is 0 Å². The quantitative estimate of drug-likeness (QED) is 0.860. The minimum Gasteiger partial charge on any atom is -0.343 e. The second kappa shape index (κ2) is 7.77. The zero-order valence-electron chi connectivity index (χ0n) is 14.5. The molecule has 3 rings (SSSR count). The van der Waals surface area contributed by atoms with Crippen LogP contribution < -0.4 is 15.5 Å². The lowest BCUT2D eigenvalue weighted by atomic mass is 10.2. The van der Waals surface area contributed by atoms with Crippen molar-refractivity contribution in [3.63, 3.8) is 0 Å². The maximum atomic E-state index is 12.2. The highest BCUT2D eigenvalue weighted by molar-refractivity contribution is 6.00. The molecule has 1 saturated heterocycles. The van der Waals surface area contributed by atoms with Crippen LogP contribution in [0.2, 0.25) is 0 Å². The molecule has 0 saturated carbocycles. The second-order valence-corrected chi connectivity index (χ2v) is 6.15. The third-order valence-corrected chi connectivity index (χ3v) is 4.11.